The molecule has 0 atom stereocenters. The average Bonchev–Trinajstić information content (AvgIpc) is 2.84. The van der Waals surface area contributed by atoms with E-state index in [1.54, 1.807) is 0 Å². The zero-order valence-corrected chi connectivity index (χ0v) is 23.2. The van der Waals surface area contributed by atoms with Gasteiger partial charge in [-0.1, -0.05) is 0 Å². The first kappa shape index (κ1) is 29.0. The first-order valence-corrected chi connectivity index (χ1v) is 18.4. The van der Waals surface area contributed by atoms with Gasteiger partial charge in [-0.15, -0.1) is 0 Å². The second kappa shape index (κ2) is 11.0. The molecule has 3 rings (SSSR count). The molecule has 0 heterocycles. The summed E-state index contributed by atoms with van der Waals surface area (Å²) < 4.78 is 85.8. The van der Waals surface area contributed by atoms with Crippen molar-refractivity contribution >= 4 is 52.0 Å². The van der Waals surface area contributed by atoms with E-state index >= 15 is 0 Å². The third-order valence-corrected chi connectivity index (χ3v) is 19.8. The zero-order chi connectivity index (χ0) is 26.5. The predicted molar refractivity (Wildman–Crippen MR) is 148 cm³/mol. The average molecular weight is 656 g/mol. The Labute approximate surface area is 221 Å². The van der Waals surface area contributed by atoms with E-state index in [4.69, 9.17) is 0 Å². The topological polar surface area (TPSA) is 34.1 Å². The van der Waals surface area contributed by atoms with Crippen LogP contribution in [0.5, 0.6) is 0 Å². The van der Waals surface area contributed by atoms with Crippen LogP contribution < -0.4 is 15.9 Å². The molecule has 0 bridgehead atoms. The molecule has 0 saturated heterocycles. The zero-order valence-electron chi connectivity index (χ0n) is 19.3. The van der Waals surface area contributed by atoms with Crippen LogP contribution in [0.3, 0.4) is 0 Å². The number of alkyl halides is 5. The molecule has 3 aromatic rings. The van der Waals surface area contributed by atoms with Crippen LogP contribution in [0.4, 0.5) is 22.0 Å². The molecular weight excluding hydrogens is 629 g/mol. The minimum atomic E-state index is -5.68. The van der Waals surface area contributed by atoms with Gasteiger partial charge in [0.15, 0.2) is 0 Å². The molecule has 10 heteroatoms. The Kier molecular flexibility index (Phi) is 8.88. The number of halogens is 6. The van der Waals surface area contributed by atoms with Crippen molar-refractivity contribution in [2.75, 3.05) is 17.7 Å². The SMILES string of the molecule is O=S(=O)(CCCC(F)(F)C(F)(F)F)CCCP(I)(c1ccccc1)(c1ccccc1)c1ccccc1. The molecular formula is C26H27F5IO2PS. The summed E-state index contributed by atoms with van der Waals surface area (Å²) in [6, 6.07) is 29.6. The number of rotatable bonds is 11. The number of hydrogen-bond acceptors (Lipinski definition) is 2. The maximum absolute atomic E-state index is 13.2. The third kappa shape index (κ3) is 6.10. The number of benzene rings is 3. The van der Waals surface area contributed by atoms with Gasteiger partial charge in [-0.3, -0.25) is 0 Å². The third-order valence-electron chi connectivity index (χ3n) is 6.28. The van der Waals surface area contributed by atoms with Crippen molar-refractivity contribution in [3.8, 4) is 0 Å². The van der Waals surface area contributed by atoms with Gasteiger partial charge in [0, 0.05) is 0 Å². The standard InChI is InChI=1S/C26H27F5IO2PS/c27-25(28,26(29,30)31)18-10-20-36(33,34)21-11-19-35(32,22-12-4-1-5-13-22,23-14-6-2-7-15-23)24-16-8-3-9-17-24/h1-9,12-17H,10-11,18-21H2. The van der Waals surface area contributed by atoms with Gasteiger partial charge in [0.05, 0.1) is 0 Å². The van der Waals surface area contributed by atoms with Gasteiger partial charge in [-0.05, 0) is 0 Å². The Balaban J connectivity index is 1.91. The molecule has 0 amide bonds. The summed E-state index contributed by atoms with van der Waals surface area (Å²) in [6.07, 6.45) is -7.26. The molecule has 0 aromatic heterocycles. The second-order valence-electron chi connectivity index (χ2n) is 8.72. The van der Waals surface area contributed by atoms with Crippen LogP contribution in [-0.4, -0.2) is 38.2 Å². The van der Waals surface area contributed by atoms with Crippen LogP contribution in [0.2, 0.25) is 0 Å². The summed E-state index contributed by atoms with van der Waals surface area (Å²) in [7, 11) is -3.83. The molecule has 2 nitrogen and oxygen atoms in total. The van der Waals surface area contributed by atoms with Crippen LogP contribution in [0, 0.1) is 0 Å². The molecule has 36 heavy (non-hydrogen) atoms. The molecule has 0 aliphatic heterocycles. The van der Waals surface area contributed by atoms with Gasteiger partial charge < -0.3 is 0 Å². The monoisotopic (exact) mass is 656 g/mol. The fourth-order valence-corrected chi connectivity index (χ4v) is 14.7. The van der Waals surface area contributed by atoms with Crippen molar-refractivity contribution in [3.63, 3.8) is 0 Å². The van der Waals surface area contributed by atoms with Gasteiger partial charge in [0.1, 0.15) is 0 Å². The van der Waals surface area contributed by atoms with Crippen molar-refractivity contribution in [2.45, 2.75) is 31.4 Å². The van der Waals surface area contributed by atoms with E-state index in [2.05, 4.69) is 22.0 Å². The van der Waals surface area contributed by atoms with E-state index in [1.165, 1.54) is 0 Å². The second-order valence-corrected chi connectivity index (χ2v) is 21.8. The summed E-state index contributed by atoms with van der Waals surface area (Å²) in [5.74, 6) is -5.90. The van der Waals surface area contributed by atoms with Crippen molar-refractivity contribution in [2.24, 2.45) is 0 Å². The van der Waals surface area contributed by atoms with E-state index in [1.807, 2.05) is 91.0 Å². The van der Waals surface area contributed by atoms with Gasteiger partial charge >= 0.3 is 222 Å². The predicted octanol–water partition coefficient (Wildman–Crippen LogP) is 6.65. The Morgan fingerprint density at radius 2 is 1.00 bits per heavy atom. The molecule has 0 radical (unpaired) electrons. The Bertz CT molecular complexity index is 1140. The van der Waals surface area contributed by atoms with E-state index in [0.717, 1.165) is 15.9 Å². The molecule has 0 unspecified atom stereocenters. The van der Waals surface area contributed by atoms with Gasteiger partial charge in [0.2, 0.25) is 0 Å². The van der Waals surface area contributed by atoms with E-state index in [0.29, 0.717) is 6.16 Å². The molecule has 0 saturated carbocycles. The molecule has 0 fully saturated rings. The Morgan fingerprint density at radius 3 is 1.36 bits per heavy atom. The minimum absolute atomic E-state index is 0.234. The quantitative estimate of drug-likeness (QED) is 0.132. The van der Waals surface area contributed by atoms with Crippen molar-refractivity contribution in [1.29, 1.82) is 0 Å². The van der Waals surface area contributed by atoms with E-state index in [-0.39, 0.29) is 12.2 Å². The van der Waals surface area contributed by atoms with Crippen LogP contribution in [-0.2, 0) is 9.84 Å². The summed E-state index contributed by atoms with van der Waals surface area (Å²) >= 11 is 2.52. The Hall–Kier alpha value is -1.58. The van der Waals surface area contributed by atoms with E-state index in [9.17, 15) is 30.4 Å². The Morgan fingerprint density at radius 1 is 0.639 bits per heavy atom. The molecule has 0 aliphatic carbocycles. The van der Waals surface area contributed by atoms with Crippen LogP contribution in [0.25, 0.3) is 0 Å². The summed E-state index contributed by atoms with van der Waals surface area (Å²) in [4.78, 5) is 0. The number of sulfone groups is 1. The molecule has 0 aliphatic rings. The number of hydrogen-bond donors (Lipinski definition) is 0. The first-order valence-electron chi connectivity index (χ1n) is 11.3. The van der Waals surface area contributed by atoms with Crippen LogP contribution >= 0.6 is 26.3 Å². The molecule has 3 aromatic carbocycles. The molecule has 0 N–H and O–H groups in total. The fraction of sp³-hybridized carbons (Fsp3) is 0.308. The van der Waals surface area contributed by atoms with Crippen molar-refractivity contribution < 1.29 is 30.4 Å². The van der Waals surface area contributed by atoms with Gasteiger partial charge in [-0.25, -0.2) is 0 Å². The van der Waals surface area contributed by atoms with Crippen LogP contribution in [0.15, 0.2) is 91.0 Å². The molecule has 196 valence electrons. The maximum atomic E-state index is 13.2. The first-order chi connectivity index (χ1) is 16.8. The van der Waals surface area contributed by atoms with Crippen LogP contribution in [0.1, 0.15) is 19.3 Å². The summed E-state index contributed by atoms with van der Waals surface area (Å²) in [6.45, 7) is 0. The summed E-state index contributed by atoms with van der Waals surface area (Å²) in [5.41, 5.74) is 0. The van der Waals surface area contributed by atoms with Crippen molar-refractivity contribution in [3.05, 3.63) is 91.0 Å². The van der Waals surface area contributed by atoms with Crippen molar-refractivity contribution in [1.82, 2.24) is 0 Å². The normalized spacial score (nSPS) is 14.2. The van der Waals surface area contributed by atoms with E-state index < -0.39 is 44.8 Å². The fourth-order valence-electron chi connectivity index (χ4n) is 4.39. The molecule has 0 spiro atoms. The summed E-state index contributed by atoms with van der Waals surface area (Å²) in [5, 5.41) is 3.22. The van der Waals surface area contributed by atoms with Gasteiger partial charge in [0.25, 0.3) is 0 Å². The van der Waals surface area contributed by atoms with Gasteiger partial charge in [-0.2, -0.15) is 0 Å².